The monoisotopic (exact) mass is 350 g/mol. The Morgan fingerprint density at radius 1 is 0.846 bits per heavy atom. The van der Waals surface area contributed by atoms with E-state index in [1.807, 2.05) is 35.2 Å². The van der Waals surface area contributed by atoms with Crippen molar-refractivity contribution in [1.29, 1.82) is 0 Å². The van der Waals surface area contributed by atoms with E-state index in [0.717, 1.165) is 19.6 Å². The van der Waals surface area contributed by atoms with Crippen molar-refractivity contribution >= 4 is 11.7 Å². The van der Waals surface area contributed by atoms with Crippen molar-refractivity contribution in [3.8, 4) is 0 Å². The van der Waals surface area contributed by atoms with Crippen LogP contribution in [0.25, 0.3) is 0 Å². The van der Waals surface area contributed by atoms with Gasteiger partial charge in [0.15, 0.2) is 5.78 Å². The average Bonchev–Trinajstić information content (AvgIpc) is 2.68. The van der Waals surface area contributed by atoms with Crippen molar-refractivity contribution < 1.29 is 9.59 Å². The number of nitrogens with zero attached hydrogens (tertiary/aromatic N) is 2. The van der Waals surface area contributed by atoms with Gasteiger partial charge in [-0.25, -0.2) is 0 Å². The lowest BCUT2D eigenvalue weighted by molar-refractivity contribution is 0.0621. The van der Waals surface area contributed by atoms with Gasteiger partial charge < -0.3 is 4.90 Å². The summed E-state index contributed by atoms with van der Waals surface area (Å²) in [6, 6.07) is 16.3. The summed E-state index contributed by atoms with van der Waals surface area (Å²) < 4.78 is 0. The summed E-state index contributed by atoms with van der Waals surface area (Å²) in [5.74, 6) is 0.476. The number of carbonyl (C=O) groups excluding carboxylic acids is 2. The van der Waals surface area contributed by atoms with Crippen LogP contribution >= 0.6 is 0 Å². The first-order valence-corrected chi connectivity index (χ1v) is 9.26. The van der Waals surface area contributed by atoms with E-state index < -0.39 is 0 Å². The average molecular weight is 350 g/mol. The van der Waals surface area contributed by atoms with Crippen LogP contribution in [0.1, 0.15) is 40.1 Å². The standard InChI is InChI=1S/C22H26N2O2/c1-17(2)16-23-12-14-24(15-13-23)22(26)20-11-7-6-10-19(20)21(25)18-8-4-3-5-9-18/h3-11,17H,12-16H2,1-2H3. The molecule has 0 spiro atoms. The molecule has 1 fully saturated rings. The smallest absolute Gasteiger partial charge is 0.254 e. The number of hydrogen-bond acceptors (Lipinski definition) is 3. The molecule has 1 saturated heterocycles. The van der Waals surface area contributed by atoms with Gasteiger partial charge in [0, 0.05) is 43.9 Å². The molecule has 2 aromatic rings. The zero-order chi connectivity index (χ0) is 18.5. The molecule has 2 aromatic carbocycles. The van der Waals surface area contributed by atoms with Gasteiger partial charge in [-0.05, 0) is 12.0 Å². The van der Waals surface area contributed by atoms with Crippen LogP contribution in [0.5, 0.6) is 0 Å². The van der Waals surface area contributed by atoms with Crippen LogP contribution in [0.3, 0.4) is 0 Å². The number of hydrogen-bond donors (Lipinski definition) is 0. The highest BCUT2D eigenvalue weighted by atomic mass is 16.2. The van der Waals surface area contributed by atoms with Crippen LogP contribution in [-0.4, -0.2) is 54.2 Å². The van der Waals surface area contributed by atoms with Crippen molar-refractivity contribution in [1.82, 2.24) is 9.80 Å². The molecule has 0 radical (unpaired) electrons. The predicted molar refractivity (Wildman–Crippen MR) is 103 cm³/mol. The van der Waals surface area contributed by atoms with Crippen LogP contribution in [0.15, 0.2) is 54.6 Å². The molecular formula is C22H26N2O2. The molecule has 0 aliphatic carbocycles. The predicted octanol–water partition coefficient (Wildman–Crippen LogP) is 3.33. The van der Waals surface area contributed by atoms with Crippen LogP contribution in [0.4, 0.5) is 0 Å². The van der Waals surface area contributed by atoms with Gasteiger partial charge >= 0.3 is 0 Å². The number of rotatable bonds is 5. The normalized spacial score (nSPS) is 15.3. The fourth-order valence-electron chi connectivity index (χ4n) is 3.43. The van der Waals surface area contributed by atoms with Crippen LogP contribution in [0.2, 0.25) is 0 Å². The second-order valence-corrected chi connectivity index (χ2v) is 7.23. The highest BCUT2D eigenvalue weighted by molar-refractivity contribution is 6.15. The highest BCUT2D eigenvalue weighted by Gasteiger charge is 2.25. The van der Waals surface area contributed by atoms with E-state index in [2.05, 4.69) is 18.7 Å². The third-order valence-corrected chi connectivity index (χ3v) is 4.72. The molecule has 0 aromatic heterocycles. The maximum atomic E-state index is 13.0. The van der Waals surface area contributed by atoms with E-state index in [1.54, 1.807) is 24.3 Å². The second kappa shape index (κ2) is 8.28. The molecule has 26 heavy (non-hydrogen) atoms. The van der Waals surface area contributed by atoms with E-state index in [9.17, 15) is 9.59 Å². The van der Waals surface area contributed by atoms with E-state index >= 15 is 0 Å². The molecule has 3 rings (SSSR count). The first-order valence-electron chi connectivity index (χ1n) is 9.26. The lowest BCUT2D eigenvalue weighted by Gasteiger charge is -2.35. The molecule has 4 heteroatoms. The van der Waals surface area contributed by atoms with E-state index in [1.165, 1.54) is 0 Å². The fraction of sp³-hybridized carbons (Fsp3) is 0.364. The van der Waals surface area contributed by atoms with Gasteiger partial charge in [0.2, 0.25) is 0 Å². The lowest BCUT2D eigenvalue weighted by atomic mass is 9.97. The summed E-state index contributed by atoms with van der Waals surface area (Å²) in [6.07, 6.45) is 0. The van der Waals surface area contributed by atoms with E-state index in [0.29, 0.717) is 35.7 Å². The molecule has 136 valence electrons. The molecule has 1 aliphatic heterocycles. The largest absolute Gasteiger partial charge is 0.336 e. The van der Waals surface area contributed by atoms with Gasteiger partial charge in [0.05, 0.1) is 5.56 Å². The van der Waals surface area contributed by atoms with Crippen molar-refractivity contribution in [2.75, 3.05) is 32.7 Å². The van der Waals surface area contributed by atoms with Crippen molar-refractivity contribution in [3.05, 3.63) is 71.3 Å². The second-order valence-electron chi connectivity index (χ2n) is 7.23. The summed E-state index contributed by atoms with van der Waals surface area (Å²) in [7, 11) is 0. The number of benzene rings is 2. The number of carbonyl (C=O) groups is 2. The molecule has 1 heterocycles. The first-order chi connectivity index (χ1) is 12.6. The molecule has 1 amide bonds. The zero-order valence-electron chi connectivity index (χ0n) is 15.5. The first kappa shape index (κ1) is 18.3. The number of amides is 1. The molecular weight excluding hydrogens is 324 g/mol. The van der Waals surface area contributed by atoms with Gasteiger partial charge in [-0.2, -0.15) is 0 Å². The number of piperazine rings is 1. The third kappa shape index (κ3) is 4.20. The van der Waals surface area contributed by atoms with Crippen molar-refractivity contribution in [3.63, 3.8) is 0 Å². The Labute approximate surface area is 155 Å². The molecule has 1 aliphatic rings. The maximum absolute atomic E-state index is 13.0. The van der Waals surface area contributed by atoms with Gasteiger partial charge in [0.25, 0.3) is 5.91 Å². The van der Waals surface area contributed by atoms with Crippen molar-refractivity contribution in [2.45, 2.75) is 13.8 Å². The Bertz CT molecular complexity index is 763. The van der Waals surface area contributed by atoms with Gasteiger partial charge in [-0.15, -0.1) is 0 Å². The zero-order valence-corrected chi connectivity index (χ0v) is 15.5. The molecule has 4 nitrogen and oxygen atoms in total. The Morgan fingerprint density at radius 2 is 1.42 bits per heavy atom. The van der Waals surface area contributed by atoms with Crippen LogP contribution in [0, 0.1) is 5.92 Å². The number of ketones is 1. The molecule has 0 saturated carbocycles. The van der Waals surface area contributed by atoms with Crippen molar-refractivity contribution in [2.24, 2.45) is 5.92 Å². The minimum absolute atomic E-state index is 0.0471. The minimum Gasteiger partial charge on any atom is -0.336 e. The van der Waals surface area contributed by atoms with Gasteiger partial charge in [-0.1, -0.05) is 62.4 Å². The van der Waals surface area contributed by atoms with E-state index in [4.69, 9.17) is 0 Å². The summed E-state index contributed by atoms with van der Waals surface area (Å²) in [6.45, 7) is 8.67. The van der Waals surface area contributed by atoms with Crippen LogP contribution in [-0.2, 0) is 0 Å². The molecule has 0 unspecified atom stereocenters. The summed E-state index contributed by atoms with van der Waals surface area (Å²) in [4.78, 5) is 30.2. The molecule has 0 N–H and O–H groups in total. The summed E-state index contributed by atoms with van der Waals surface area (Å²) in [5.41, 5.74) is 1.58. The van der Waals surface area contributed by atoms with Gasteiger partial charge in [-0.3, -0.25) is 14.5 Å². The minimum atomic E-state index is -0.104. The maximum Gasteiger partial charge on any atom is 0.254 e. The third-order valence-electron chi connectivity index (χ3n) is 4.72. The fourth-order valence-corrected chi connectivity index (χ4v) is 3.43. The van der Waals surface area contributed by atoms with E-state index in [-0.39, 0.29) is 11.7 Å². The van der Waals surface area contributed by atoms with Crippen LogP contribution < -0.4 is 0 Å². The lowest BCUT2D eigenvalue weighted by Crippen LogP contribution is -2.49. The Balaban J connectivity index is 1.76. The Hall–Kier alpha value is -2.46. The summed E-state index contributed by atoms with van der Waals surface area (Å²) in [5, 5.41) is 0. The Morgan fingerprint density at radius 3 is 2.04 bits per heavy atom. The molecule has 0 bridgehead atoms. The SMILES string of the molecule is CC(C)CN1CCN(C(=O)c2ccccc2C(=O)c2ccccc2)CC1. The van der Waals surface area contributed by atoms with Gasteiger partial charge in [0.1, 0.15) is 0 Å². The quantitative estimate of drug-likeness (QED) is 0.777. The highest BCUT2D eigenvalue weighted by Crippen LogP contribution is 2.18. The molecule has 0 atom stereocenters. The topological polar surface area (TPSA) is 40.6 Å². The summed E-state index contributed by atoms with van der Waals surface area (Å²) >= 11 is 0. The Kier molecular flexibility index (Phi) is 5.84.